The summed E-state index contributed by atoms with van der Waals surface area (Å²) in [5.41, 5.74) is 28.5. The topological polar surface area (TPSA) is 29.5 Å². The molecule has 7 unspecified atom stereocenters. The van der Waals surface area contributed by atoms with Crippen LogP contribution in [0.15, 0.2) is 99.3 Å². The molecule has 11 rings (SSSR count). The predicted octanol–water partition coefficient (Wildman–Crippen LogP) is 10.8. The highest BCUT2D eigenvalue weighted by atomic mass is 17.1. The third-order valence-electron chi connectivity index (χ3n) is 16.0. The van der Waals surface area contributed by atoms with Crippen LogP contribution in [-0.4, -0.2) is 11.4 Å². The van der Waals surface area contributed by atoms with Gasteiger partial charge in [0.1, 0.15) is 6.10 Å². The van der Waals surface area contributed by atoms with Gasteiger partial charge in [0.2, 0.25) is 0 Å². The molecule has 2 heteroatoms. The Morgan fingerprint density at radius 2 is 1.73 bits per heavy atom. The number of rotatable bonds is 3. The lowest BCUT2D eigenvalue weighted by atomic mass is 9.30. The van der Waals surface area contributed by atoms with Crippen molar-refractivity contribution in [1.82, 2.24) is 0 Å². The first-order valence-electron chi connectivity index (χ1n) is 18.4. The number of hydrogen-bond acceptors (Lipinski definition) is 2. The quantitative estimate of drug-likeness (QED) is 0.205. The fraction of sp³-hybridized carbons (Fsp3) is 0.435. The maximum absolute atomic E-state index is 10.9. The van der Waals surface area contributed by atoms with Crippen LogP contribution in [0.1, 0.15) is 93.7 Å². The van der Waals surface area contributed by atoms with Crippen LogP contribution in [0.2, 0.25) is 0 Å². The molecule has 9 atom stereocenters. The van der Waals surface area contributed by atoms with Gasteiger partial charge in [-0.2, -0.15) is 0 Å². The van der Waals surface area contributed by atoms with E-state index in [1.807, 2.05) is 0 Å². The molecule has 0 aliphatic heterocycles. The molecular weight excluding hydrogens is 585 g/mol. The smallest absolute Gasteiger partial charge is 0.117 e. The molecule has 1 N–H and O–H groups in total. The Balaban J connectivity index is 1.43. The molecule has 1 spiro atoms. The van der Waals surface area contributed by atoms with Gasteiger partial charge in [-0.1, -0.05) is 70.4 Å². The molecule has 0 amide bonds. The SMILES string of the molecule is C=C1C2=C(C)C3=C4C5=C(CC3)C(C)C3C(=C)c6c(C)c7c8c9c6C3=C5C3(C4C2C(=C)/C1=C(/C)C(C=C7)C8)C9C(C)(C)[C@H]3[C@H](OO)C(=C)C. The van der Waals surface area contributed by atoms with E-state index in [1.54, 1.807) is 50.1 Å². The Morgan fingerprint density at radius 1 is 0.979 bits per heavy atom. The van der Waals surface area contributed by atoms with Crippen molar-refractivity contribution in [3.05, 3.63) is 133 Å². The zero-order chi connectivity index (χ0) is 33.4. The van der Waals surface area contributed by atoms with Crippen LogP contribution in [-0.2, 0) is 11.3 Å². The van der Waals surface area contributed by atoms with Gasteiger partial charge in [0.25, 0.3) is 0 Å². The fourth-order valence-corrected chi connectivity index (χ4v) is 14.9. The average molecular weight is 631 g/mol. The molecule has 10 aliphatic rings. The van der Waals surface area contributed by atoms with E-state index in [1.165, 1.54) is 55.7 Å². The summed E-state index contributed by atoms with van der Waals surface area (Å²) >= 11 is 0. The lowest BCUT2D eigenvalue weighted by Crippen LogP contribution is -2.69. The molecule has 1 aromatic carbocycles. The summed E-state index contributed by atoms with van der Waals surface area (Å²) in [4.78, 5) is 5.66. The standard InChI is InChI=1S/C46H46O2/c1-17(2)42(48-47)44-45(10,11)43-37-29-16-25-12-13-26(29)19(4)32-24(9)33-21(6)28-15-14-27-20(5)31-22(7)30(18(25)3)23(8)34(31)40-35(27)36(28)41(46(40,43)44)39(33)38(32)37/h12-13,21,25,33-34,40,42-44,47H,1,7-9,14-16H2,2-6,10-11H3/b30-18-/t21?,25?,33?,34?,40?,42-,43?,44-,46?/m1/s1. The Hall–Kier alpha value is -3.46. The number of benzene rings is 1. The van der Waals surface area contributed by atoms with Gasteiger partial charge in [0, 0.05) is 40.9 Å². The van der Waals surface area contributed by atoms with Crippen LogP contribution in [0.25, 0.3) is 17.2 Å². The summed E-state index contributed by atoms with van der Waals surface area (Å²) in [6.07, 6.45) is 7.67. The number of allylic oxidation sites excluding steroid dienone is 14. The normalized spacial score (nSPS) is 39.8. The highest BCUT2D eigenvalue weighted by molar-refractivity contribution is 6.05. The van der Waals surface area contributed by atoms with Gasteiger partial charge < -0.3 is 0 Å². The number of fused-ring (bicyclic) bond motifs is 2. The summed E-state index contributed by atoms with van der Waals surface area (Å²) in [6, 6.07) is 0. The first-order valence-corrected chi connectivity index (χ1v) is 18.4. The Kier molecular flexibility index (Phi) is 4.80. The average Bonchev–Trinajstić information content (AvgIpc) is 3.62. The van der Waals surface area contributed by atoms with Crippen LogP contribution in [0.5, 0.6) is 0 Å². The van der Waals surface area contributed by atoms with Gasteiger partial charge in [-0.3, -0.25) is 5.26 Å². The van der Waals surface area contributed by atoms with E-state index in [4.69, 9.17) is 24.6 Å². The third-order valence-corrected chi connectivity index (χ3v) is 16.0. The van der Waals surface area contributed by atoms with E-state index >= 15 is 0 Å². The van der Waals surface area contributed by atoms with E-state index in [9.17, 15) is 5.26 Å². The molecule has 0 heterocycles. The third kappa shape index (κ3) is 2.47. The van der Waals surface area contributed by atoms with Crippen molar-refractivity contribution in [1.29, 1.82) is 0 Å². The fourth-order valence-electron chi connectivity index (χ4n) is 14.9. The maximum Gasteiger partial charge on any atom is 0.117 e. The molecule has 3 fully saturated rings. The second-order valence-electron chi connectivity index (χ2n) is 17.8. The summed E-state index contributed by atoms with van der Waals surface area (Å²) in [5.74, 6) is 1.68. The van der Waals surface area contributed by atoms with Crippen molar-refractivity contribution in [2.45, 2.75) is 79.8 Å². The van der Waals surface area contributed by atoms with E-state index in [0.717, 1.165) is 24.8 Å². The monoisotopic (exact) mass is 630 g/mol. The molecule has 48 heavy (non-hydrogen) atoms. The maximum atomic E-state index is 10.9. The second kappa shape index (κ2) is 8.11. The first kappa shape index (κ1) is 28.4. The summed E-state index contributed by atoms with van der Waals surface area (Å²) < 4.78 is 0. The van der Waals surface area contributed by atoms with Crippen LogP contribution >= 0.6 is 0 Å². The van der Waals surface area contributed by atoms with E-state index in [2.05, 4.69) is 67.2 Å². The zero-order valence-corrected chi connectivity index (χ0v) is 29.6. The molecule has 6 bridgehead atoms. The molecule has 242 valence electrons. The lowest BCUT2D eigenvalue weighted by Gasteiger charge is -2.72. The summed E-state index contributed by atoms with van der Waals surface area (Å²) in [6.45, 7) is 36.1. The highest BCUT2D eigenvalue weighted by Crippen LogP contribution is 2.88. The Morgan fingerprint density at radius 3 is 2.44 bits per heavy atom. The van der Waals surface area contributed by atoms with Gasteiger partial charge in [-0.15, -0.1) is 0 Å². The predicted molar refractivity (Wildman–Crippen MR) is 195 cm³/mol. The first-order chi connectivity index (χ1) is 22.8. The lowest BCUT2D eigenvalue weighted by molar-refractivity contribution is -0.320. The van der Waals surface area contributed by atoms with E-state index < -0.39 is 6.10 Å². The zero-order valence-electron chi connectivity index (χ0n) is 29.6. The molecule has 1 aromatic rings. The van der Waals surface area contributed by atoms with Crippen LogP contribution in [0.3, 0.4) is 0 Å². The molecular formula is C46H46O2. The van der Waals surface area contributed by atoms with Crippen molar-refractivity contribution < 1.29 is 10.1 Å². The van der Waals surface area contributed by atoms with Gasteiger partial charge in [0.15, 0.2) is 0 Å². The van der Waals surface area contributed by atoms with Gasteiger partial charge in [-0.05, 0) is 159 Å². The number of hydrogen-bond donors (Lipinski definition) is 1. The molecule has 0 radical (unpaired) electrons. The van der Waals surface area contributed by atoms with Crippen molar-refractivity contribution in [2.24, 2.45) is 46.3 Å². The van der Waals surface area contributed by atoms with Crippen LogP contribution in [0.4, 0.5) is 0 Å². The second-order valence-corrected chi connectivity index (χ2v) is 17.8. The Bertz CT molecular complexity index is 2230. The van der Waals surface area contributed by atoms with Gasteiger partial charge in [0.05, 0.1) is 0 Å². The summed E-state index contributed by atoms with van der Waals surface area (Å²) in [5, 5.41) is 10.9. The molecule has 2 nitrogen and oxygen atoms in total. The van der Waals surface area contributed by atoms with Crippen molar-refractivity contribution >= 4 is 17.2 Å². The van der Waals surface area contributed by atoms with Crippen molar-refractivity contribution in [2.75, 3.05) is 0 Å². The van der Waals surface area contributed by atoms with Crippen LogP contribution < -0.4 is 0 Å². The molecule has 3 saturated carbocycles. The minimum absolute atomic E-state index is 0.0418. The molecule has 0 saturated heterocycles. The van der Waals surface area contributed by atoms with Crippen molar-refractivity contribution in [3.63, 3.8) is 0 Å². The Labute approximate surface area is 285 Å². The van der Waals surface area contributed by atoms with Crippen LogP contribution in [0, 0.1) is 53.3 Å². The minimum Gasteiger partial charge on any atom is -0.251 e. The summed E-state index contributed by atoms with van der Waals surface area (Å²) in [7, 11) is 0. The van der Waals surface area contributed by atoms with Gasteiger partial charge in [-0.25, -0.2) is 4.89 Å². The largest absolute Gasteiger partial charge is 0.251 e. The van der Waals surface area contributed by atoms with Gasteiger partial charge >= 0.3 is 0 Å². The molecule has 10 aliphatic carbocycles. The van der Waals surface area contributed by atoms with E-state index in [-0.39, 0.29) is 40.4 Å². The minimum atomic E-state index is -0.467. The molecule has 0 aromatic heterocycles. The van der Waals surface area contributed by atoms with E-state index in [0.29, 0.717) is 11.8 Å². The highest BCUT2D eigenvalue weighted by Gasteiger charge is 2.81. The van der Waals surface area contributed by atoms with Crippen molar-refractivity contribution in [3.8, 4) is 0 Å².